The molecule has 0 unspecified atom stereocenters. The molecule has 8 nitrogen and oxygen atoms in total. The van der Waals surface area contributed by atoms with E-state index in [4.69, 9.17) is 9.84 Å². The molecule has 0 aliphatic carbocycles. The highest BCUT2D eigenvalue weighted by atomic mass is 16.5. The van der Waals surface area contributed by atoms with E-state index in [1.807, 2.05) is 47.1 Å². The van der Waals surface area contributed by atoms with Crippen molar-refractivity contribution in [1.29, 1.82) is 0 Å². The molecule has 33 heavy (non-hydrogen) atoms. The lowest BCUT2D eigenvalue weighted by Crippen LogP contribution is -2.48. The van der Waals surface area contributed by atoms with Gasteiger partial charge in [-0.25, -0.2) is 9.97 Å². The number of piperazine rings is 1. The van der Waals surface area contributed by atoms with Crippen molar-refractivity contribution in [3.8, 4) is 28.3 Å². The lowest BCUT2D eigenvalue weighted by Gasteiger charge is -2.36. The summed E-state index contributed by atoms with van der Waals surface area (Å²) in [7, 11) is 3.60. The molecule has 0 radical (unpaired) electrons. The van der Waals surface area contributed by atoms with E-state index in [1.54, 1.807) is 20.4 Å². The first kappa shape index (κ1) is 20.9. The van der Waals surface area contributed by atoms with Crippen LogP contribution in [-0.4, -0.2) is 63.8 Å². The van der Waals surface area contributed by atoms with E-state index in [2.05, 4.69) is 33.1 Å². The summed E-state index contributed by atoms with van der Waals surface area (Å²) in [5, 5.41) is 5.61. The third kappa shape index (κ3) is 3.88. The molecule has 2 aromatic carbocycles. The summed E-state index contributed by atoms with van der Waals surface area (Å²) in [5.74, 6) is 0.878. The van der Waals surface area contributed by atoms with Gasteiger partial charge in [0.15, 0.2) is 0 Å². The normalized spacial score (nSPS) is 14.0. The summed E-state index contributed by atoms with van der Waals surface area (Å²) in [6.45, 7) is 4.51. The molecule has 1 saturated heterocycles. The van der Waals surface area contributed by atoms with Crippen LogP contribution in [0, 0.1) is 0 Å². The number of nitrogens with zero attached hydrogens (tertiary/aromatic N) is 6. The minimum absolute atomic E-state index is 0.114. The Morgan fingerprint density at radius 2 is 1.76 bits per heavy atom. The van der Waals surface area contributed by atoms with Gasteiger partial charge in [-0.2, -0.15) is 5.10 Å². The number of methoxy groups -OCH3 is 1. The van der Waals surface area contributed by atoms with Gasteiger partial charge in [0.1, 0.15) is 17.8 Å². The van der Waals surface area contributed by atoms with Crippen molar-refractivity contribution in [1.82, 2.24) is 24.6 Å². The van der Waals surface area contributed by atoms with Crippen molar-refractivity contribution in [2.75, 3.05) is 38.2 Å². The summed E-state index contributed by atoms with van der Waals surface area (Å²) >= 11 is 0. The smallest absolute Gasteiger partial charge is 0.219 e. The number of benzene rings is 2. The molecule has 4 aromatic rings. The minimum atomic E-state index is 0.114. The average molecular weight is 443 g/mol. The molecule has 0 atom stereocenters. The fourth-order valence-electron chi connectivity index (χ4n) is 4.43. The SMILES string of the molecule is COc1cc2c(-c3cn(C)nc3-c3ccccc3)ncnc2cc1N1CCN(C(C)=O)CC1. The highest BCUT2D eigenvalue weighted by molar-refractivity contribution is 5.98. The molecule has 1 aliphatic heterocycles. The van der Waals surface area contributed by atoms with Crippen molar-refractivity contribution in [2.45, 2.75) is 6.92 Å². The quantitative estimate of drug-likeness (QED) is 0.482. The summed E-state index contributed by atoms with van der Waals surface area (Å²) in [4.78, 5) is 25.0. The maximum absolute atomic E-state index is 11.7. The van der Waals surface area contributed by atoms with Gasteiger partial charge >= 0.3 is 0 Å². The molecular weight excluding hydrogens is 416 g/mol. The number of fused-ring (bicyclic) bond motifs is 1. The van der Waals surface area contributed by atoms with E-state index in [0.717, 1.165) is 57.9 Å². The maximum atomic E-state index is 11.7. The monoisotopic (exact) mass is 442 g/mol. The number of hydrogen-bond acceptors (Lipinski definition) is 6. The number of aryl methyl sites for hydroxylation is 1. The lowest BCUT2D eigenvalue weighted by molar-refractivity contribution is -0.129. The number of carbonyl (C=O) groups excluding carboxylic acids is 1. The van der Waals surface area contributed by atoms with Crippen LogP contribution >= 0.6 is 0 Å². The number of aromatic nitrogens is 4. The molecular formula is C25H26N6O2. The summed E-state index contributed by atoms with van der Waals surface area (Å²) in [6, 6.07) is 14.2. The van der Waals surface area contributed by atoms with Gasteiger partial charge in [0.2, 0.25) is 5.91 Å². The van der Waals surface area contributed by atoms with E-state index >= 15 is 0 Å². The standard InChI is InChI=1S/C25H26N6O2/c1-17(32)30-9-11-31(12-10-30)22-14-21-19(13-23(22)33-3)25(27-16-26-21)20-15-29(2)28-24(20)18-7-5-4-6-8-18/h4-8,13-16H,9-12H2,1-3H3. The van der Waals surface area contributed by atoms with Crippen LogP contribution in [0.5, 0.6) is 5.75 Å². The first-order valence-electron chi connectivity index (χ1n) is 11.0. The second-order valence-electron chi connectivity index (χ2n) is 8.19. The third-order valence-electron chi connectivity index (χ3n) is 6.13. The van der Waals surface area contributed by atoms with Gasteiger partial charge in [-0.1, -0.05) is 30.3 Å². The van der Waals surface area contributed by atoms with Crippen molar-refractivity contribution < 1.29 is 9.53 Å². The van der Waals surface area contributed by atoms with Gasteiger partial charge in [-0.05, 0) is 12.1 Å². The summed E-state index contributed by atoms with van der Waals surface area (Å²) in [5.41, 5.74) is 5.49. The van der Waals surface area contributed by atoms with E-state index in [9.17, 15) is 4.79 Å². The Morgan fingerprint density at radius 3 is 2.45 bits per heavy atom. The van der Waals surface area contributed by atoms with Crippen molar-refractivity contribution in [2.24, 2.45) is 7.05 Å². The van der Waals surface area contributed by atoms with E-state index in [1.165, 1.54) is 0 Å². The Balaban J connectivity index is 1.59. The zero-order chi connectivity index (χ0) is 22.9. The predicted octanol–water partition coefficient (Wildman–Crippen LogP) is 3.37. The molecule has 1 fully saturated rings. The van der Waals surface area contributed by atoms with Gasteiger partial charge in [-0.15, -0.1) is 0 Å². The molecule has 0 N–H and O–H groups in total. The van der Waals surface area contributed by atoms with Crippen LogP contribution in [0.4, 0.5) is 5.69 Å². The third-order valence-corrected chi connectivity index (χ3v) is 6.13. The summed E-state index contributed by atoms with van der Waals surface area (Å²) < 4.78 is 7.60. The molecule has 0 spiro atoms. The van der Waals surface area contributed by atoms with Gasteiger partial charge in [0, 0.05) is 62.9 Å². The molecule has 1 amide bonds. The topological polar surface area (TPSA) is 76.4 Å². The minimum Gasteiger partial charge on any atom is -0.495 e. The highest BCUT2D eigenvalue weighted by Gasteiger charge is 2.23. The van der Waals surface area contributed by atoms with Gasteiger partial charge in [0.25, 0.3) is 0 Å². The Morgan fingerprint density at radius 1 is 1.00 bits per heavy atom. The van der Waals surface area contributed by atoms with E-state index in [0.29, 0.717) is 13.1 Å². The molecule has 168 valence electrons. The zero-order valence-electron chi connectivity index (χ0n) is 19.0. The fourth-order valence-corrected chi connectivity index (χ4v) is 4.43. The predicted molar refractivity (Wildman–Crippen MR) is 128 cm³/mol. The number of hydrogen-bond donors (Lipinski definition) is 0. The van der Waals surface area contributed by atoms with Gasteiger partial charge < -0.3 is 14.5 Å². The number of rotatable bonds is 4. The van der Waals surface area contributed by atoms with Crippen molar-refractivity contribution in [3.05, 3.63) is 55.0 Å². The molecule has 3 heterocycles. The average Bonchev–Trinajstić information content (AvgIpc) is 3.24. The van der Waals surface area contributed by atoms with Crippen LogP contribution in [-0.2, 0) is 11.8 Å². The Hall–Kier alpha value is -3.94. The Labute approximate surface area is 192 Å². The van der Waals surface area contributed by atoms with Crippen LogP contribution < -0.4 is 9.64 Å². The number of ether oxygens (including phenoxy) is 1. The van der Waals surface area contributed by atoms with Crippen LogP contribution in [0.25, 0.3) is 33.4 Å². The van der Waals surface area contributed by atoms with Crippen molar-refractivity contribution in [3.63, 3.8) is 0 Å². The van der Waals surface area contributed by atoms with Gasteiger partial charge in [-0.3, -0.25) is 9.48 Å². The summed E-state index contributed by atoms with van der Waals surface area (Å²) in [6.07, 6.45) is 3.59. The second-order valence-corrected chi connectivity index (χ2v) is 8.19. The molecule has 0 bridgehead atoms. The highest BCUT2D eigenvalue weighted by Crippen LogP contribution is 2.38. The van der Waals surface area contributed by atoms with Crippen LogP contribution in [0.15, 0.2) is 55.0 Å². The number of amides is 1. The zero-order valence-corrected chi connectivity index (χ0v) is 19.0. The Bertz CT molecular complexity index is 1310. The largest absolute Gasteiger partial charge is 0.495 e. The lowest BCUT2D eigenvalue weighted by atomic mass is 10.0. The molecule has 8 heteroatoms. The van der Waals surface area contributed by atoms with E-state index < -0.39 is 0 Å². The van der Waals surface area contributed by atoms with Crippen LogP contribution in [0.2, 0.25) is 0 Å². The molecule has 1 aliphatic rings. The molecule has 2 aromatic heterocycles. The van der Waals surface area contributed by atoms with Gasteiger partial charge in [0.05, 0.1) is 24.0 Å². The first-order chi connectivity index (χ1) is 16.0. The van der Waals surface area contributed by atoms with Crippen molar-refractivity contribution >= 4 is 22.5 Å². The molecule has 0 saturated carbocycles. The fraction of sp³-hybridized carbons (Fsp3) is 0.280. The maximum Gasteiger partial charge on any atom is 0.219 e. The second kappa shape index (κ2) is 8.54. The number of carbonyl (C=O) groups is 1. The van der Waals surface area contributed by atoms with Crippen LogP contribution in [0.3, 0.4) is 0 Å². The molecule has 5 rings (SSSR count). The Kier molecular flexibility index (Phi) is 5.42. The van der Waals surface area contributed by atoms with Crippen LogP contribution in [0.1, 0.15) is 6.92 Å². The first-order valence-corrected chi connectivity index (χ1v) is 11.0. The number of anilines is 1. The van der Waals surface area contributed by atoms with E-state index in [-0.39, 0.29) is 5.91 Å².